The molecule has 5 rings (SSSR count). The van der Waals surface area contributed by atoms with Crippen LogP contribution in [0, 0.1) is 28.1 Å². The fourth-order valence-electron chi connectivity index (χ4n) is 6.18. The van der Waals surface area contributed by atoms with E-state index in [2.05, 4.69) is 11.4 Å². The van der Waals surface area contributed by atoms with Crippen molar-refractivity contribution in [2.24, 2.45) is 5.92 Å². The Labute approximate surface area is 285 Å². The van der Waals surface area contributed by atoms with Gasteiger partial charge in [-0.3, -0.25) is 25.3 Å². The summed E-state index contributed by atoms with van der Waals surface area (Å²) in [5.41, 5.74) is 11.6. The van der Waals surface area contributed by atoms with Crippen LogP contribution in [0.4, 0.5) is 16.2 Å². The number of hydrogen-bond acceptors (Lipinski definition) is 9. The number of amides is 3. The smallest absolute Gasteiger partial charge is 0.398 e. The van der Waals surface area contributed by atoms with Crippen molar-refractivity contribution < 1.29 is 19.1 Å². The van der Waals surface area contributed by atoms with Gasteiger partial charge in [-0.05, 0) is 79.9 Å². The Bertz CT molecular complexity index is 1850. The van der Waals surface area contributed by atoms with E-state index < -0.39 is 6.09 Å². The maximum absolute atomic E-state index is 13.8. The number of ether oxygens (including phenoxy) is 1. The molecule has 3 aromatic rings. The van der Waals surface area contributed by atoms with E-state index in [0.29, 0.717) is 79.2 Å². The second kappa shape index (κ2) is 15.4. The van der Waals surface area contributed by atoms with Crippen LogP contribution in [0.25, 0.3) is 5.57 Å². The first-order chi connectivity index (χ1) is 23.6. The Hall–Kier alpha value is -5.80. The van der Waals surface area contributed by atoms with E-state index in [0.717, 1.165) is 11.1 Å². The Morgan fingerprint density at radius 1 is 1.06 bits per heavy atom. The van der Waals surface area contributed by atoms with Gasteiger partial charge in [-0.1, -0.05) is 30.3 Å². The fraction of sp³-hybridized carbons (Fsp3) is 0.297. The first-order valence-corrected chi connectivity index (χ1v) is 16.2. The summed E-state index contributed by atoms with van der Waals surface area (Å²) in [6, 6.07) is 21.4. The van der Waals surface area contributed by atoms with Crippen molar-refractivity contribution in [1.29, 1.82) is 16.1 Å². The van der Waals surface area contributed by atoms with Gasteiger partial charge in [-0.2, -0.15) is 5.26 Å². The zero-order valence-electron chi connectivity index (χ0n) is 27.7. The molecule has 3 aromatic carbocycles. The van der Waals surface area contributed by atoms with Crippen molar-refractivity contribution in [3.63, 3.8) is 0 Å². The summed E-state index contributed by atoms with van der Waals surface area (Å²) in [5.74, 6) is -0.504. The number of benzene rings is 3. The molecule has 2 aliphatic heterocycles. The number of likely N-dealkylation sites (tertiary alicyclic amines) is 1. The molecule has 0 saturated carbocycles. The van der Waals surface area contributed by atoms with Gasteiger partial charge in [0.25, 0.3) is 0 Å². The molecular weight excluding hydrogens is 620 g/mol. The molecule has 12 nitrogen and oxygen atoms in total. The van der Waals surface area contributed by atoms with Crippen molar-refractivity contribution in [2.75, 3.05) is 56.9 Å². The molecule has 252 valence electrons. The number of nitrogens with two attached hydrogens (primary N) is 1. The highest BCUT2D eigenvalue weighted by Gasteiger charge is 2.33. The SMILES string of the molecule is CCN(C(=O)[C@@H]1CCN(CC(=O)N2CC=C(c3ccc(C(=N)OC(=O)NC)cc3)CC2)C1)c1ccc(N)c(C(=N)c2cccc(C#N)c2)c1. The van der Waals surface area contributed by atoms with Gasteiger partial charge in [-0.15, -0.1) is 0 Å². The number of hydrogen-bond donors (Lipinski definition) is 4. The second-order valence-corrected chi connectivity index (χ2v) is 12.0. The summed E-state index contributed by atoms with van der Waals surface area (Å²) in [6.07, 6.45) is 2.68. The highest BCUT2D eigenvalue weighted by Crippen LogP contribution is 2.28. The normalized spacial score (nSPS) is 15.9. The van der Waals surface area contributed by atoms with Crippen LogP contribution < -0.4 is 16.0 Å². The number of rotatable bonds is 9. The first-order valence-electron chi connectivity index (χ1n) is 16.2. The Morgan fingerprint density at radius 2 is 1.84 bits per heavy atom. The predicted octanol–water partition coefficient (Wildman–Crippen LogP) is 4.23. The number of nitriles is 1. The minimum atomic E-state index is -0.695. The van der Waals surface area contributed by atoms with E-state index in [-0.39, 0.29) is 35.9 Å². The summed E-state index contributed by atoms with van der Waals surface area (Å²) in [5, 5.41) is 28.3. The van der Waals surface area contributed by atoms with Crippen molar-refractivity contribution in [3.8, 4) is 6.07 Å². The van der Waals surface area contributed by atoms with Gasteiger partial charge < -0.3 is 25.6 Å². The monoisotopic (exact) mass is 660 g/mol. The minimum Gasteiger partial charge on any atom is -0.398 e. The molecule has 5 N–H and O–H groups in total. The van der Waals surface area contributed by atoms with E-state index in [1.165, 1.54) is 7.05 Å². The second-order valence-electron chi connectivity index (χ2n) is 12.0. The molecule has 1 fully saturated rings. The molecule has 0 bridgehead atoms. The van der Waals surface area contributed by atoms with Gasteiger partial charge in [0.15, 0.2) is 0 Å². The maximum Gasteiger partial charge on any atom is 0.413 e. The molecule has 0 aromatic heterocycles. The molecule has 0 unspecified atom stereocenters. The standard InChI is InChI=1S/C37H40N8O4/c1-3-45(30-11-12-32(39)31(20-30)34(40)28-6-4-5-24(19-28)21-38)36(47)29-13-16-43(22-29)23-33(46)44-17-14-26(15-18-44)25-7-9-27(10-8-25)35(41)49-37(48)42-2/h4-12,14,19-20,29,40-41H,3,13,15-18,22-23,39H2,1-2H3,(H,42,48)/t29-/m1/s1. The van der Waals surface area contributed by atoms with Crippen LogP contribution in [0.2, 0.25) is 0 Å². The molecule has 2 aliphatic rings. The molecular formula is C37H40N8O4. The van der Waals surface area contributed by atoms with Crippen LogP contribution in [0.3, 0.4) is 0 Å². The van der Waals surface area contributed by atoms with Crippen molar-refractivity contribution >= 4 is 46.5 Å². The molecule has 0 aliphatic carbocycles. The highest BCUT2D eigenvalue weighted by atomic mass is 16.6. The van der Waals surface area contributed by atoms with Gasteiger partial charge >= 0.3 is 6.09 Å². The van der Waals surface area contributed by atoms with E-state index >= 15 is 0 Å². The number of alkyl carbamates (subject to hydrolysis) is 1. The molecule has 0 radical (unpaired) electrons. The summed E-state index contributed by atoms with van der Waals surface area (Å²) >= 11 is 0. The van der Waals surface area contributed by atoms with Crippen LogP contribution in [0.1, 0.15) is 47.6 Å². The van der Waals surface area contributed by atoms with Crippen molar-refractivity contribution in [1.82, 2.24) is 15.1 Å². The van der Waals surface area contributed by atoms with Gasteiger partial charge in [0.1, 0.15) is 0 Å². The first kappa shape index (κ1) is 34.5. The largest absolute Gasteiger partial charge is 0.413 e. The number of anilines is 2. The fourth-order valence-corrected chi connectivity index (χ4v) is 6.18. The van der Waals surface area contributed by atoms with E-state index in [1.807, 2.05) is 34.9 Å². The lowest BCUT2D eigenvalue weighted by molar-refractivity contribution is -0.132. The third-order valence-corrected chi connectivity index (χ3v) is 8.94. The zero-order valence-corrected chi connectivity index (χ0v) is 27.7. The Balaban J connectivity index is 1.16. The molecule has 1 saturated heterocycles. The molecule has 2 heterocycles. The number of carbonyl (C=O) groups excluding carboxylic acids is 3. The Morgan fingerprint density at radius 3 is 2.51 bits per heavy atom. The summed E-state index contributed by atoms with van der Waals surface area (Å²) in [6.45, 7) is 4.79. The molecule has 12 heteroatoms. The third kappa shape index (κ3) is 8.02. The van der Waals surface area contributed by atoms with Crippen molar-refractivity contribution in [3.05, 3.63) is 101 Å². The van der Waals surface area contributed by atoms with E-state index in [4.69, 9.17) is 21.3 Å². The third-order valence-electron chi connectivity index (χ3n) is 8.94. The van der Waals surface area contributed by atoms with Crippen LogP contribution >= 0.6 is 0 Å². The van der Waals surface area contributed by atoms with Crippen LogP contribution in [-0.2, 0) is 14.3 Å². The molecule has 49 heavy (non-hydrogen) atoms. The average Bonchev–Trinajstić information content (AvgIpc) is 3.60. The van der Waals surface area contributed by atoms with Gasteiger partial charge in [0.05, 0.1) is 29.8 Å². The van der Waals surface area contributed by atoms with Gasteiger partial charge in [-0.25, -0.2) is 4.79 Å². The number of nitrogens with one attached hydrogen (secondary N) is 3. The van der Waals surface area contributed by atoms with E-state index in [9.17, 15) is 19.6 Å². The lowest BCUT2D eigenvalue weighted by Crippen LogP contribution is -2.42. The minimum absolute atomic E-state index is 0.0213. The van der Waals surface area contributed by atoms with Crippen molar-refractivity contribution in [2.45, 2.75) is 19.8 Å². The average molecular weight is 661 g/mol. The Kier molecular flexibility index (Phi) is 10.9. The highest BCUT2D eigenvalue weighted by molar-refractivity contribution is 6.14. The van der Waals surface area contributed by atoms with Gasteiger partial charge in [0, 0.05) is 61.3 Å². The lowest BCUT2D eigenvalue weighted by atomic mass is 9.98. The lowest BCUT2D eigenvalue weighted by Gasteiger charge is -2.29. The topological polar surface area (TPSA) is 180 Å². The summed E-state index contributed by atoms with van der Waals surface area (Å²) in [4.78, 5) is 44.0. The zero-order chi connectivity index (χ0) is 35.1. The van der Waals surface area contributed by atoms with Crippen LogP contribution in [-0.4, -0.2) is 85.6 Å². The number of carbonyl (C=O) groups is 3. The van der Waals surface area contributed by atoms with Crippen LogP contribution in [0.15, 0.2) is 72.8 Å². The maximum atomic E-state index is 13.8. The molecule has 0 spiro atoms. The molecule has 1 atom stereocenters. The number of nitrogens with zero attached hydrogens (tertiary/aromatic N) is 4. The van der Waals surface area contributed by atoms with Gasteiger partial charge in [0.2, 0.25) is 17.7 Å². The summed E-state index contributed by atoms with van der Waals surface area (Å²) < 4.78 is 4.89. The number of nitrogen functional groups attached to an aromatic ring is 1. The van der Waals surface area contributed by atoms with Crippen LogP contribution in [0.5, 0.6) is 0 Å². The predicted molar refractivity (Wildman–Crippen MR) is 189 cm³/mol. The quantitative estimate of drug-likeness (QED) is 0.151. The summed E-state index contributed by atoms with van der Waals surface area (Å²) in [7, 11) is 1.43. The van der Waals surface area contributed by atoms with E-state index in [1.54, 1.807) is 59.5 Å². The molecule has 3 amide bonds.